The second-order valence-corrected chi connectivity index (χ2v) is 7.09. The monoisotopic (exact) mass is 472 g/mol. The zero-order valence-corrected chi connectivity index (χ0v) is 17.5. The minimum atomic E-state index is -0.562. The van der Waals surface area contributed by atoms with Gasteiger partial charge in [-0.1, -0.05) is 40.0 Å². The van der Waals surface area contributed by atoms with Gasteiger partial charge >= 0.3 is 11.8 Å². The van der Waals surface area contributed by atoms with Crippen LogP contribution in [0.5, 0.6) is 5.75 Å². The Labute approximate surface area is 185 Å². The van der Waals surface area contributed by atoms with E-state index in [-0.39, 0.29) is 43.9 Å². The topological polar surface area (TPSA) is 124 Å². The molecule has 30 heavy (non-hydrogen) atoms. The Kier molecular flexibility index (Phi) is 7.50. The van der Waals surface area contributed by atoms with E-state index in [0.29, 0.717) is 20.8 Å². The third-order valence-corrected chi connectivity index (χ3v) is 4.50. The van der Waals surface area contributed by atoms with Crippen LogP contribution in [0.4, 0.5) is 0 Å². The second kappa shape index (κ2) is 10.3. The van der Waals surface area contributed by atoms with Gasteiger partial charge in [-0.05, 0) is 12.1 Å². The third kappa shape index (κ3) is 6.34. The summed E-state index contributed by atoms with van der Waals surface area (Å²) in [5.74, 6) is -0.440. The van der Waals surface area contributed by atoms with Crippen LogP contribution in [0.25, 0.3) is 0 Å². The summed E-state index contributed by atoms with van der Waals surface area (Å²) in [6.07, 6.45) is 3.06. The van der Waals surface area contributed by atoms with E-state index in [1.165, 1.54) is 16.9 Å². The summed E-state index contributed by atoms with van der Waals surface area (Å²) < 4.78 is 11.7. The van der Waals surface area contributed by atoms with Crippen molar-refractivity contribution in [2.45, 2.75) is 6.54 Å². The fourth-order valence-corrected chi connectivity index (χ4v) is 2.64. The Bertz CT molecular complexity index is 1040. The maximum atomic E-state index is 12.0. The molecular formula is C17H15Cl3N6O4. The molecule has 0 aliphatic carbocycles. The molecule has 2 heterocycles. The molecule has 0 saturated carbocycles. The number of rotatable bonds is 9. The number of benzene rings is 1. The van der Waals surface area contributed by atoms with Gasteiger partial charge in [-0.3, -0.25) is 14.3 Å². The van der Waals surface area contributed by atoms with Gasteiger partial charge in [-0.2, -0.15) is 10.1 Å². The minimum Gasteiger partial charge on any atom is -0.484 e. The number of halogens is 3. The summed E-state index contributed by atoms with van der Waals surface area (Å²) in [5, 5.41) is 14.0. The number of hydrogen-bond acceptors (Lipinski definition) is 7. The molecule has 2 N–H and O–H groups in total. The molecule has 0 saturated heterocycles. The van der Waals surface area contributed by atoms with Gasteiger partial charge in [0.1, 0.15) is 12.3 Å². The smallest absolute Gasteiger partial charge is 0.316 e. The van der Waals surface area contributed by atoms with Crippen molar-refractivity contribution >= 4 is 46.6 Å². The average molecular weight is 474 g/mol. The van der Waals surface area contributed by atoms with Crippen molar-refractivity contribution in [2.24, 2.45) is 0 Å². The third-order valence-electron chi connectivity index (χ3n) is 3.56. The van der Waals surface area contributed by atoms with Gasteiger partial charge in [-0.15, -0.1) is 0 Å². The number of hydrogen-bond donors (Lipinski definition) is 2. The van der Waals surface area contributed by atoms with E-state index >= 15 is 0 Å². The second-order valence-electron chi connectivity index (χ2n) is 5.84. The van der Waals surface area contributed by atoms with Gasteiger partial charge in [0, 0.05) is 25.4 Å². The Morgan fingerprint density at radius 3 is 2.67 bits per heavy atom. The SMILES string of the molecule is O=C(COc1ccc(Cl)c(Cl)c1)NCCNC(=O)c1nc(Cn2cc(Cl)cn2)no1. The van der Waals surface area contributed by atoms with Crippen molar-refractivity contribution in [3.05, 3.63) is 57.4 Å². The molecule has 0 unspecified atom stereocenters. The van der Waals surface area contributed by atoms with E-state index in [0.717, 1.165) is 0 Å². The first-order valence-electron chi connectivity index (χ1n) is 8.54. The van der Waals surface area contributed by atoms with E-state index in [9.17, 15) is 9.59 Å². The molecule has 3 rings (SSSR count). The van der Waals surface area contributed by atoms with E-state index in [1.54, 1.807) is 18.3 Å². The lowest BCUT2D eigenvalue weighted by molar-refractivity contribution is -0.123. The molecule has 158 valence electrons. The molecule has 0 radical (unpaired) electrons. The van der Waals surface area contributed by atoms with E-state index in [1.807, 2.05) is 0 Å². The van der Waals surface area contributed by atoms with Gasteiger partial charge in [0.2, 0.25) is 0 Å². The van der Waals surface area contributed by atoms with Crippen molar-refractivity contribution < 1.29 is 18.8 Å². The van der Waals surface area contributed by atoms with Gasteiger partial charge in [0.25, 0.3) is 5.91 Å². The molecule has 0 fully saturated rings. The van der Waals surface area contributed by atoms with Crippen LogP contribution in [-0.2, 0) is 11.3 Å². The number of ether oxygens (including phenoxy) is 1. The Balaban J connectivity index is 1.35. The van der Waals surface area contributed by atoms with Crippen LogP contribution in [0.15, 0.2) is 35.1 Å². The predicted octanol–water partition coefficient (Wildman–Crippen LogP) is 2.20. The van der Waals surface area contributed by atoms with Crippen LogP contribution < -0.4 is 15.4 Å². The van der Waals surface area contributed by atoms with Crippen molar-refractivity contribution in [1.29, 1.82) is 0 Å². The number of nitrogens with zero attached hydrogens (tertiary/aromatic N) is 4. The highest BCUT2D eigenvalue weighted by molar-refractivity contribution is 6.42. The van der Waals surface area contributed by atoms with Crippen molar-refractivity contribution in [1.82, 2.24) is 30.6 Å². The van der Waals surface area contributed by atoms with Crippen LogP contribution in [0.2, 0.25) is 15.1 Å². The number of carbonyl (C=O) groups excluding carboxylic acids is 2. The molecule has 0 aliphatic rings. The van der Waals surface area contributed by atoms with Crippen molar-refractivity contribution in [3.8, 4) is 5.75 Å². The summed E-state index contributed by atoms with van der Waals surface area (Å²) >= 11 is 17.5. The highest BCUT2D eigenvalue weighted by Crippen LogP contribution is 2.26. The maximum Gasteiger partial charge on any atom is 0.316 e. The van der Waals surface area contributed by atoms with Crippen LogP contribution in [-0.4, -0.2) is 51.4 Å². The highest BCUT2D eigenvalue weighted by atomic mass is 35.5. The highest BCUT2D eigenvalue weighted by Gasteiger charge is 2.15. The molecule has 0 atom stereocenters. The first kappa shape index (κ1) is 21.9. The summed E-state index contributed by atoms with van der Waals surface area (Å²) in [5.41, 5.74) is 0. The minimum absolute atomic E-state index is 0.157. The molecule has 2 amide bonds. The maximum absolute atomic E-state index is 12.0. The number of amides is 2. The van der Waals surface area contributed by atoms with Gasteiger partial charge in [0.05, 0.1) is 21.3 Å². The molecule has 1 aromatic carbocycles. The number of aromatic nitrogens is 4. The Morgan fingerprint density at radius 2 is 1.93 bits per heavy atom. The number of carbonyl (C=O) groups is 2. The van der Waals surface area contributed by atoms with Crippen LogP contribution >= 0.6 is 34.8 Å². The molecular weight excluding hydrogens is 459 g/mol. The molecule has 0 aliphatic heterocycles. The molecule has 10 nitrogen and oxygen atoms in total. The Morgan fingerprint density at radius 1 is 1.13 bits per heavy atom. The molecule has 0 spiro atoms. The quantitative estimate of drug-likeness (QED) is 0.456. The van der Waals surface area contributed by atoms with Gasteiger partial charge in [0.15, 0.2) is 12.4 Å². The Hall–Kier alpha value is -2.82. The first-order chi connectivity index (χ1) is 14.4. The zero-order chi connectivity index (χ0) is 21.5. The first-order valence-corrected chi connectivity index (χ1v) is 9.67. The summed E-state index contributed by atoms with van der Waals surface area (Å²) in [7, 11) is 0. The molecule has 0 bridgehead atoms. The molecule has 3 aromatic rings. The van der Waals surface area contributed by atoms with Gasteiger partial charge in [-0.25, -0.2) is 0 Å². The van der Waals surface area contributed by atoms with Crippen LogP contribution in [0, 0.1) is 0 Å². The summed E-state index contributed by atoms with van der Waals surface area (Å²) in [6, 6.07) is 4.68. The predicted molar refractivity (Wildman–Crippen MR) is 108 cm³/mol. The number of nitrogens with one attached hydrogen (secondary N) is 2. The molecule has 2 aromatic heterocycles. The largest absolute Gasteiger partial charge is 0.484 e. The van der Waals surface area contributed by atoms with E-state index < -0.39 is 5.91 Å². The standard InChI is InChI=1S/C17H15Cl3N6O4/c18-10-6-23-26(7-10)8-14-24-17(30-25-14)16(28)22-4-3-21-15(27)9-29-11-1-2-12(19)13(20)5-11/h1-2,5-7H,3-4,8-9H2,(H,21,27)(H,22,28). The van der Waals surface area contributed by atoms with Crippen molar-refractivity contribution in [3.63, 3.8) is 0 Å². The van der Waals surface area contributed by atoms with E-state index in [2.05, 4.69) is 25.9 Å². The van der Waals surface area contributed by atoms with E-state index in [4.69, 9.17) is 44.1 Å². The van der Waals surface area contributed by atoms with Gasteiger partial charge < -0.3 is 19.9 Å². The fraction of sp³-hybridized carbons (Fsp3) is 0.235. The zero-order valence-electron chi connectivity index (χ0n) is 15.3. The normalized spacial score (nSPS) is 10.6. The summed E-state index contributed by atoms with van der Waals surface area (Å²) in [4.78, 5) is 27.8. The summed E-state index contributed by atoms with van der Waals surface area (Å²) in [6.45, 7) is 0.334. The fourth-order valence-electron chi connectivity index (χ4n) is 2.20. The lowest BCUT2D eigenvalue weighted by Crippen LogP contribution is -2.36. The van der Waals surface area contributed by atoms with Crippen LogP contribution in [0.3, 0.4) is 0 Å². The lowest BCUT2D eigenvalue weighted by Gasteiger charge is -2.08. The molecule has 13 heteroatoms. The lowest BCUT2D eigenvalue weighted by atomic mass is 10.3. The van der Waals surface area contributed by atoms with Crippen molar-refractivity contribution in [2.75, 3.05) is 19.7 Å². The average Bonchev–Trinajstić information content (AvgIpc) is 3.35. The van der Waals surface area contributed by atoms with Crippen LogP contribution in [0.1, 0.15) is 16.5 Å².